The highest BCUT2D eigenvalue weighted by Crippen LogP contribution is 2.29. The van der Waals surface area contributed by atoms with Crippen molar-refractivity contribution in [3.05, 3.63) is 23.8 Å². The molecule has 1 aromatic carbocycles. The second-order valence-electron chi connectivity index (χ2n) is 3.74. The number of aromatic hydroxyl groups is 1. The zero-order valence-electron chi connectivity index (χ0n) is 10.4. The van der Waals surface area contributed by atoms with Gasteiger partial charge in [-0.2, -0.15) is 0 Å². The summed E-state index contributed by atoms with van der Waals surface area (Å²) < 4.78 is 5.08. The fourth-order valence-electron chi connectivity index (χ4n) is 1.75. The van der Waals surface area contributed by atoms with Crippen LogP contribution in [0.2, 0.25) is 0 Å². The summed E-state index contributed by atoms with van der Waals surface area (Å²) in [6.45, 7) is 7.35. The van der Waals surface area contributed by atoms with E-state index in [0.29, 0.717) is 5.75 Å². The first kappa shape index (κ1) is 12.8. The van der Waals surface area contributed by atoms with E-state index in [9.17, 15) is 5.11 Å². The third-order valence-electron chi connectivity index (χ3n) is 2.89. The van der Waals surface area contributed by atoms with Crippen molar-refractivity contribution in [2.24, 2.45) is 0 Å². The van der Waals surface area contributed by atoms with Crippen molar-refractivity contribution in [2.45, 2.75) is 20.3 Å². The van der Waals surface area contributed by atoms with E-state index in [4.69, 9.17) is 4.74 Å². The number of phenols is 1. The first-order chi connectivity index (χ1) is 7.72. The van der Waals surface area contributed by atoms with Gasteiger partial charge in [0, 0.05) is 6.54 Å². The van der Waals surface area contributed by atoms with Crippen LogP contribution in [0, 0.1) is 0 Å². The van der Waals surface area contributed by atoms with E-state index >= 15 is 0 Å². The molecule has 0 unspecified atom stereocenters. The molecule has 0 aliphatic rings. The molecule has 1 aromatic rings. The predicted molar refractivity (Wildman–Crippen MR) is 66.2 cm³/mol. The Hall–Kier alpha value is -1.22. The fourth-order valence-corrected chi connectivity index (χ4v) is 1.75. The Kier molecular flexibility index (Phi) is 5.12. The molecule has 0 spiro atoms. The largest absolute Gasteiger partial charge is 0.504 e. The van der Waals surface area contributed by atoms with Gasteiger partial charge in [0.15, 0.2) is 11.5 Å². The Balaban J connectivity index is 2.66. The van der Waals surface area contributed by atoms with Crippen LogP contribution in [-0.2, 0) is 6.42 Å². The molecular weight excluding hydrogens is 202 g/mol. The van der Waals surface area contributed by atoms with Crippen LogP contribution in [0.15, 0.2) is 18.2 Å². The van der Waals surface area contributed by atoms with Gasteiger partial charge in [0.1, 0.15) is 0 Å². The van der Waals surface area contributed by atoms with E-state index in [1.54, 1.807) is 13.2 Å². The topological polar surface area (TPSA) is 32.7 Å². The van der Waals surface area contributed by atoms with Crippen LogP contribution >= 0.6 is 0 Å². The monoisotopic (exact) mass is 223 g/mol. The third-order valence-corrected chi connectivity index (χ3v) is 2.89. The highest BCUT2D eigenvalue weighted by atomic mass is 16.5. The van der Waals surface area contributed by atoms with Crippen LogP contribution < -0.4 is 4.74 Å². The number of rotatable bonds is 6. The van der Waals surface area contributed by atoms with Gasteiger partial charge in [0.25, 0.3) is 0 Å². The number of benzene rings is 1. The molecule has 3 nitrogen and oxygen atoms in total. The standard InChI is InChI=1S/C13H21NO2/c1-4-14(5-2)10-9-11-7-6-8-12(16-3)13(11)15/h6-8,15H,4-5,9-10H2,1-3H3. The minimum absolute atomic E-state index is 0.275. The summed E-state index contributed by atoms with van der Waals surface area (Å²) in [6, 6.07) is 5.63. The number of phenolic OH excluding ortho intramolecular Hbond substituents is 1. The quantitative estimate of drug-likeness (QED) is 0.803. The summed E-state index contributed by atoms with van der Waals surface area (Å²) in [5.74, 6) is 0.828. The molecule has 16 heavy (non-hydrogen) atoms. The summed E-state index contributed by atoms with van der Waals surface area (Å²) in [6.07, 6.45) is 0.852. The second-order valence-corrected chi connectivity index (χ2v) is 3.74. The first-order valence-corrected chi connectivity index (χ1v) is 5.80. The molecule has 0 radical (unpaired) electrons. The highest BCUT2D eigenvalue weighted by molar-refractivity contribution is 5.45. The van der Waals surface area contributed by atoms with Gasteiger partial charge < -0.3 is 14.7 Å². The van der Waals surface area contributed by atoms with E-state index < -0.39 is 0 Å². The summed E-state index contributed by atoms with van der Waals surface area (Å²) in [5, 5.41) is 9.90. The van der Waals surface area contributed by atoms with Crippen LogP contribution in [0.1, 0.15) is 19.4 Å². The zero-order valence-corrected chi connectivity index (χ0v) is 10.4. The Morgan fingerprint density at radius 3 is 2.50 bits per heavy atom. The maximum atomic E-state index is 9.90. The van der Waals surface area contributed by atoms with Crippen molar-refractivity contribution in [3.8, 4) is 11.5 Å². The lowest BCUT2D eigenvalue weighted by Crippen LogP contribution is -2.25. The third kappa shape index (κ3) is 3.14. The maximum Gasteiger partial charge on any atom is 0.160 e. The SMILES string of the molecule is CCN(CC)CCc1cccc(OC)c1O. The van der Waals surface area contributed by atoms with Gasteiger partial charge in [-0.05, 0) is 31.1 Å². The van der Waals surface area contributed by atoms with Gasteiger partial charge in [-0.25, -0.2) is 0 Å². The lowest BCUT2D eigenvalue weighted by molar-refractivity contribution is 0.305. The number of nitrogens with zero attached hydrogens (tertiary/aromatic N) is 1. The van der Waals surface area contributed by atoms with E-state index in [-0.39, 0.29) is 5.75 Å². The van der Waals surface area contributed by atoms with Crippen LogP contribution in [0.5, 0.6) is 11.5 Å². The number of para-hydroxylation sites is 1. The van der Waals surface area contributed by atoms with E-state index in [2.05, 4.69) is 18.7 Å². The van der Waals surface area contributed by atoms with E-state index in [0.717, 1.165) is 31.6 Å². The van der Waals surface area contributed by atoms with E-state index in [1.807, 2.05) is 12.1 Å². The average molecular weight is 223 g/mol. The Labute approximate surface area is 97.7 Å². The summed E-state index contributed by atoms with van der Waals surface area (Å²) in [5.41, 5.74) is 0.950. The van der Waals surface area contributed by atoms with Crippen molar-refractivity contribution in [2.75, 3.05) is 26.7 Å². The summed E-state index contributed by atoms with van der Waals surface area (Å²) in [4.78, 5) is 2.33. The molecule has 0 saturated heterocycles. The first-order valence-electron chi connectivity index (χ1n) is 5.80. The lowest BCUT2D eigenvalue weighted by atomic mass is 10.1. The van der Waals surface area contributed by atoms with Gasteiger partial charge in [-0.1, -0.05) is 26.0 Å². The molecule has 0 saturated carbocycles. The molecule has 0 aromatic heterocycles. The highest BCUT2D eigenvalue weighted by Gasteiger charge is 2.08. The molecule has 3 heteroatoms. The van der Waals surface area contributed by atoms with Gasteiger partial charge in [-0.15, -0.1) is 0 Å². The molecule has 0 atom stereocenters. The molecular formula is C13H21NO2. The minimum atomic E-state index is 0.275. The molecule has 0 aliphatic heterocycles. The molecule has 0 aliphatic carbocycles. The number of methoxy groups -OCH3 is 1. The molecule has 0 heterocycles. The van der Waals surface area contributed by atoms with Crippen molar-refractivity contribution in [1.82, 2.24) is 4.90 Å². The van der Waals surface area contributed by atoms with Crippen LogP contribution in [0.25, 0.3) is 0 Å². The number of hydrogen-bond acceptors (Lipinski definition) is 3. The number of ether oxygens (including phenoxy) is 1. The predicted octanol–water partition coefficient (Wildman–Crippen LogP) is 2.29. The van der Waals surface area contributed by atoms with Crippen molar-refractivity contribution in [3.63, 3.8) is 0 Å². The van der Waals surface area contributed by atoms with Crippen molar-refractivity contribution < 1.29 is 9.84 Å². The lowest BCUT2D eigenvalue weighted by Gasteiger charge is -2.18. The van der Waals surface area contributed by atoms with Crippen LogP contribution in [0.3, 0.4) is 0 Å². The Bertz CT molecular complexity index is 322. The number of likely N-dealkylation sites (N-methyl/N-ethyl adjacent to an activating group) is 1. The Morgan fingerprint density at radius 1 is 1.25 bits per heavy atom. The molecule has 1 rings (SSSR count). The second kappa shape index (κ2) is 6.38. The minimum Gasteiger partial charge on any atom is -0.504 e. The molecule has 90 valence electrons. The normalized spacial score (nSPS) is 10.8. The smallest absolute Gasteiger partial charge is 0.160 e. The summed E-state index contributed by atoms with van der Waals surface area (Å²) >= 11 is 0. The van der Waals surface area contributed by atoms with Crippen molar-refractivity contribution in [1.29, 1.82) is 0 Å². The molecule has 0 amide bonds. The van der Waals surface area contributed by atoms with Crippen molar-refractivity contribution >= 4 is 0 Å². The van der Waals surface area contributed by atoms with Gasteiger partial charge >= 0.3 is 0 Å². The van der Waals surface area contributed by atoms with Crippen LogP contribution in [0.4, 0.5) is 0 Å². The fraction of sp³-hybridized carbons (Fsp3) is 0.538. The van der Waals surface area contributed by atoms with Gasteiger partial charge in [0.2, 0.25) is 0 Å². The molecule has 1 N–H and O–H groups in total. The Morgan fingerprint density at radius 2 is 1.94 bits per heavy atom. The van der Waals surface area contributed by atoms with Gasteiger partial charge in [-0.3, -0.25) is 0 Å². The van der Waals surface area contributed by atoms with E-state index in [1.165, 1.54) is 0 Å². The summed E-state index contributed by atoms with van der Waals surface area (Å²) in [7, 11) is 1.57. The molecule has 0 bridgehead atoms. The van der Waals surface area contributed by atoms with Crippen LogP contribution in [-0.4, -0.2) is 36.8 Å². The maximum absolute atomic E-state index is 9.90. The molecule has 0 fully saturated rings. The van der Waals surface area contributed by atoms with Gasteiger partial charge in [0.05, 0.1) is 7.11 Å². The average Bonchev–Trinajstić information content (AvgIpc) is 2.32. The zero-order chi connectivity index (χ0) is 12.0. The number of hydrogen-bond donors (Lipinski definition) is 1.